The molecule has 0 aliphatic rings. The Morgan fingerprint density at radius 3 is 2.58 bits per heavy atom. The molecule has 0 unspecified atom stereocenters. The van der Waals surface area contributed by atoms with Gasteiger partial charge in [-0.2, -0.15) is 0 Å². The summed E-state index contributed by atoms with van der Waals surface area (Å²) >= 11 is 0. The Balaban J connectivity index is 1.89. The lowest BCUT2D eigenvalue weighted by molar-refractivity contribution is -0.385. The summed E-state index contributed by atoms with van der Waals surface area (Å²) < 4.78 is 23.2. The van der Waals surface area contributed by atoms with E-state index < -0.39 is 28.9 Å². The number of amides is 1. The minimum atomic E-state index is -0.704. The SMILES string of the molecule is COc1ccc(CNC(=O)COc2cc(F)ccc2[N+](=O)[O-])cc1. The van der Waals surface area contributed by atoms with Crippen molar-refractivity contribution in [2.24, 2.45) is 0 Å². The van der Waals surface area contributed by atoms with E-state index in [9.17, 15) is 19.3 Å². The van der Waals surface area contributed by atoms with Crippen molar-refractivity contribution in [2.75, 3.05) is 13.7 Å². The average Bonchev–Trinajstić information content (AvgIpc) is 2.58. The number of carbonyl (C=O) groups excluding carboxylic acids is 1. The van der Waals surface area contributed by atoms with Gasteiger partial charge in [-0.3, -0.25) is 14.9 Å². The molecular formula is C16H15FN2O5. The topological polar surface area (TPSA) is 90.7 Å². The van der Waals surface area contributed by atoms with Gasteiger partial charge in [-0.15, -0.1) is 0 Å². The van der Waals surface area contributed by atoms with E-state index in [-0.39, 0.29) is 12.3 Å². The summed E-state index contributed by atoms with van der Waals surface area (Å²) in [5.41, 5.74) is 0.445. The fourth-order valence-corrected chi connectivity index (χ4v) is 1.89. The third kappa shape index (κ3) is 4.67. The van der Waals surface area contributed by atoms with Gasteiger partial charge in [0.05, 0.1) is 12.0 Å². The van der Waals surface area contributed by atoms with Crippen LogP contribution in [0.3, 0.4) is 0 Å². The maximum Gasteiger partial charge on any atom is 0.311 e. The van der Waals surface area contributed by atoms with Crippen LogP contribution in [-0.2, 0) is 11.3 Å². The van der Waals surface area contributed by atoms with Crippen molar-refractivity contribution in [3.05, 3.63) is 64.0 Å². The Morgan fingerprint density at radius 2 is 1.96 bits per heavy atom. The maximum atomic E-state index is 13.2. The van der Waals surface area contributed by atoms with Gasteiger partial charge in [-0.1, -0.05) is 12.1 Å². The number of hydrogen-bond acceptors (Lipinski definition) is 5. The number of nitro benzene ring substituents is 1. The minimum Gasteiger partial charge on any atom is -0.497 e. The number of methoxy groups -OCH3 is 1. The first-order valence-corrected chi connectivity index (χ1v) is 6.96. The highest BCUT2D eigenvalue weighted by Crippen LogP contribution is 2.27. The number of carbonyl (C=O) groups is 1. The van der Waals surface area contributed by atoms with Gasteiger partial charge in [-0.25, -0.2) is 4.39 Å². The molecule has 24 heavy (non-hydrogen) atoms. The molecule has 0 aliphatic carbocycles. The van der Waals surface area contributed by atoms with Crippen molar-refractivity contribution in [3.8, 4) is 11.5 Å². The Bertz CT molecular complexity index is 734. The van der Waals surface area contributed by atoms with E-state index >= 15 is 0 Å². The van der Waals surface area contributed by atoms with Crippen molar-refractivity contribution in [1.82, 2.24) is 5.32 Å². The summed E-state index contributed by atoms with van der Waals surface area (Å²) in [5, 5.41) is 13.4. The van der Waals surface area contributed by atoms with Gasteiger partial charge in [0.25, 0.3) is 5.91 Å². The van der Waals surface area contributed by atoms with Crippen LogP contribution in [-0.4, -0.2) is 24.5 Å². The van der Waals surface area contributed by atoms with E-state index in [4.69, 9.17) is 9.47 Å². The highest BCUT2D eigenvalue weighted by molar-refractivity contribution is 5.77. The first kappa shape index (κ1) is 17.2. The highest BCUT2D eigenvalue weighted by Gasteiger charge is 2.17. The first-order valence-electron chi connectivity index (χ1n) is 6.96. The Kier molecular flexibility index (Phi) is 5.67. The van der Waals surface area contributed by atoms with Crippen LogP contribution in [0.15, 0.2) is 42.5 Å². The number of nitrogens with one attached hydrogen (secondary N) is 1. The number of nitro groups is 1. The van der Waals surface area contributed by atoms with Crippen LogP contribution in [0.4, 0.5) is 10.1 Å². The molecule has 2 aromatic carbocycles. The molecule has 126 valence electrons. The molecule has 2 rings (SSSR count). The number of rotatable bonds is 7. The fourth-order valence-electron chi connectivity index (χ4n) is 1.89. The second kappa shape index (κ2) is 7.91. The number of hydrogen-bond donors (Lipinski definition) is 1. The molecule has 1 amide bonds. The summed E-state index contributed by atoms with van der Waals surface area (Å²) in [6.07, 6.45) is 0. The quantitative estimate of drug-likeness (QED) is 0.620. The summed E-state index contributed by atoms with van der Waals surface area (Å²) in [4.78, 5) is 21.9. The zero-order chi connectivity index (χ0) is 17.5. The van der Waals surface area contributed by atoms with Crippen LogP contribution in [0.25, 0.3) is 0 Å². The van der Waals surface area contributed by atoms with Gasteiger partial charge in [0, 0.05) is 18.7 Å². The molecule has 7 nitrogen and oxygen atoms in total. The second-order valence-electron chi connectivity index (χ2n) is 4.78. The van der Waals surface area contributed by atoms with E-state index in [1.807, 2.05) is 0 Å². The van der Waals surface area contributed by atoms with Gasteiger partial charge < -0.3 is 14.8 Å². The molecule has 0 aromatic heterocycles. The van der Waals surface area contributed by atoms with Crippen LogP contribution >= 0.6 is 0 Å². The van der Waals surface area contributed by atoms with Crippen LogP contribution in [0.2, 0.25) is 0 Å². The van der Waals surface area contributed by atoms with Gasteiger partial charge >= 0.3 is 5.69 Å². The molecule has 0 atom stereocenters. The molecule has 2 aromatic rings. The fraction of sp³-hybridized carbons (Fsp3) is 0.188. The minimum absolute atomic E-state index is 0.261. The molecule has 1 N–H and O–H groups in total. The Hall–Kier alpha value is -3.16. The van der Waals surface area contributed by atoms with Gasteiger partial charge in [0.15, 0.2) is 6.61 Å². The number of nitrogens with zero attached hydrogens (tertiary/aromatic N) is 1. The molecule has 0 spiro atoms. The van der Waals surface area contributed by atoms with Crippen molar-refractivity contribution >= 4 is 11.6 Å². The van der Waals surface area contributed by atoms with Crippen LogP contribution in [0.5, 0.6) is 11.5 Å². The predicted octanol–water partition coefficient (Wildman–Crippen LogP) is 2.44. The summed E-state index contributed by atoms with van der Waals surface area (Å²) in [6.45, 7) is -0.197. The predicted molar refractivity (Wildman–Crippen MR) is 83.4 cm³/mol. The number of halogens is 1. The van der Waals surface area contributed by atoms with Gasteiger partial charge in [0.2, 0.25) is 5.75 Å². The third-order valence-corrected chi connectivity index (χ3v) is 3.13. The van der Waals surface area contributed by atoms with Crippen LogP contribution < -0.4 is 14.8 Å². The van der Waals surface area contributed by atoms with E-state index in [0.29, 0.717) is 5.75 Å². The molecular weight excluding hydrogens is 319 g/mol. The van der Waals surface area contributed by atoms with Crippen molar-refractivity contribution in [2.45, 2.75) is 6.54 Å². The zero-order valence-electron chi connectivity index (χ0n) is 12.8. The molecule has 0 saturated carbocycles. The van der Waals surface area contributed by atoms with Crippen molar-refractivity contribution < 1.29 is 23.6 Å². The molecule has 8 heteroatoms. The van der Waals surface area contributed by atoms with Crippen molar-refractivity contribution in [1.29, 1.82) is 0 Å². The van der Waals surface area contributed by atoms with Crippen LogP contribution in [0.1, 0.15) is 5.56 Å². The zero-order valence-corrected chi connectivity index (χ0v) is 12.8. The van der Waals surface area contributed by atoms with E-state index in [1.54, 1.807) is 31.4 Å². The largest absolute Gasteiger partial charge is 0.497 e. The molecule has 0 radical (unpaired) electrons. The lowest BCUT2D eigenvalue weighted by Crippen LogP contribution is -2.28. The molecule has 0 fully saturated rings. The number of benzene rings is 2. The molecule has 0 saturated heterocycles. The smallest absolute Gasteiger partial charge is 0.311 e. The lowest BCUT2D eigenvalue weighted by atomic mass is 10.2. The Labute approximate surface area is 137 Å². The monoisotopic (exact) mass is 334 g/mol. The molecule has 0 bridgehead atoms. The van der Waals surface area contributed by atoms with Crippen molar-refractivity contribution in [3.63, 3.8) is 0 Å². The maximum absolute atomic E-state index is 13.2. The molecule has 0 heterocycles. The standard InChI is InChI=1S/C16H15FN2O5/c1-23-13-5-2-11(3-6-13)9-18-16(20)10-24-15-8-12(17)4-7-14(15)19(21)22/h2-8H,9-10H2,1H3,(H,18,20). The van der Waals surface area contributed by atoms with Gasteiger partial charge in [0.1, 0.15) is 11.6 Å². The van der Waals surface area contributed by atoms with Crippen LogP contribution in [0, 0.1) is 15.9 Å². The molecule has 0 aliphatic heterocycles. The summed E-state index contributed by atoms with van der Waals surface area (Å²) in [5.74, 6) is -0.759. The normalized spacial score (nSPS) is 10.1. The second-order valence-corrected chi connectivity index (χ2v) is 4.78. The number of ether oxygens (including phenoxy) is 2. The third-order valence-electron chi connectivity index (χ3n) is 3.13. The Morgan fingerprint density at radius 1 is 1.25 bits per heavy atom. The average molecular weight is 334 g/mol. The van der Waals surface area contributed by atoms with E-state index in [2.05, 4.69) is 5.32 Å². The highest BCUT2D eigenvalue weighted by atomic mass is 19.1. The van der Waals surface area contributed by atoms with E-state index in [1.165, 1.54) is 0 Å². The first-order chi connectivity index (χ1) is 11.5. The summed E-state index contributed by atoms with van der Waals surface area (Å²) in [7, 11) is 1.56. The van der Waals surface area contributed by atoms with Gasteiger partial charge in [-0.05, 0) is 23.8 Å². The van der Waals surface area contributed by atoms with E-state index in [0.717, 1.165) is 23.8 Å². The lowest BCUT2D eigenvalue weighted by Gasteiger charge is -2.08. The summed E-state index contributed by atoms with van der Waals surface area (Å²) in [6, 6.07) is 9.90.